The molecular formula is C14H26N4O. The lowest BCUT2D eigenvalue weighted by atomic mass is 10.2. The number of nitrogens with zero attached hydrogens (tertiary/aromatic N) is 2. The highest BCUT2D eigenvalue weighted by Gasteiger charge is 2.06. The van der Waals surface area contributed by atoms with Crippen LogP contribution in [0.3, 0.4) is 0 Å². The number of rotatable bonds is 8. The molecule has 1 rings (SSSR count). The van der Waals surface area contributed by atoms with Gasteiger partial charge in [0.1, 0.15) is 0 Å². The number of aromatic nitrogens is 2. The summed E-state index contributed by atoms with van der Waals surface area (Å²) in [5.41, 5.74) is 2.20. The Morgan fingerprint density at radius 1 is 1.47 bits per heavy atom. The Bertz CT molecular complexity index is 400. The Morgan fingerprint density at radius 2 is 2.21 bits per heavy atom. The van der Waals surface area contributed by atoms with Crippen molar-refractivity contribution < 1.29 is 4.79 Å². The van der Waals surface area contributed by atoms with E-state index in [2.05, 4.69) is 35.6 Å². The van der Waals surface area contributed by atoms with Gasteiger partial charge in [0.25, 0.3) is 0 Å². The Labute approximate surface area is 115 Å². The SMILES string of the molecule is CCC(C)NC(=O)CCNCc1cc(C)nn1CC. The summed E-state index contributed by atoms with van der Waals surface area (Å²) in [5, 5.41) is 10.6. The second-order valence-electron chi connectivity index (χ2n) is 4.90. The maximum absolute atomic E-state index is 11.6. The van der Waals surface area contributed by atoms with E-state index in [9.17, 15) is 4.79 Å². The Hall–Kier alpha value is -1.36. The van der Waals surface area contributed by atoms with Crippen molar-refractivity contribution in [1.82, 2.24) is 20.4 Å². The molecule has 0 aliphatic carbocycles. The molecule has 0 bridgehead atoms. The minimum Gasteiger partial charge on any atom is -0.354 e. The average molecular weight is 266 g/mol. The van der Waals surface area contributed by atoms with E-state index in [4.69, 9.17) is 0 Å². The maximum Gasteiger partial charge on any atom is 0.221 e. The fourth-order valence-electron chi connectivity index (χ4n) is 1.88. The third kappa shape index (κ3) is 5.42. The summed E-state index contributed by atoms with van der Waals surface area (Å²) in [6.45, 7) is 10.5. The minimum atomic E-state index is 0.113. The molecular weight excluding hydrogens is 240 g/mol. The molecule has 1 unspecified atom stereocenters. The molecule has 1 atom stereocenters. The number of carbonyl (C=O) groups is 1. The van der Waals surface area contributed by atoms with Crippen LogP contribution in [0.15, 0.2) is 6.07 Å². The molecule has 19 heavy (non-hydrogen) atoms. The van der Waals surface area contributed by atoms with Crippen LogP contribution in [0.4, 0.5) is 0 Å². The molecule has 0 aliphatic heterocycles. The fraction of sp³-hybridized carbons (Fsp3) is 0.714. The molecule has 2 N–H and O–H groups in total. The average Bonchev–Trinajstić information content (AvgIpc) is 2.74. The summed E-state index contributed by atoms with van der Waals surface area (Å²) < 4.78 is 1.99. The summed E-state index contributed by atoms with van der Waals surface area (Å²) in [4.78, 5) is 11.6. The highest BCUT2D eigenvalue weighted by atomic mass is 16.1. The molecule has 1 aromatic rings. The smallest absolute Gasteiger partial charge is 0.221 e. The number of carbonyl (C=O) groups excluding carboxylic acids is 1. The molecule has 5 heteroatoms. The third-order valence-corrected chi connectivity index (χ3v) is 3.14. The first-order valence-corrected chi connectivity index (χ1v) is 7.10. The predicted molar refractivity (Wildman–Crippen MR) is 76.9 cm³/mol. The van der Waals surface area contributed by atoms with Crippen LogP contribution < -0.4 is 10.6 Å². The van der Waals surface area contributed by atoms with Gasteiger partial charge in [0.05, 0.1) is 11.4 Å². The number of aryl methyl sites for hydroxylation is 2. The molecule has 1 heterocycles. The van der Waals surface area contributed by atoms with Crippen LogP contribution >= 0.6 is 0 Å². The summed E-state index contributed by atoms with van der Waals surface area (Å²) >= 11 is 0. The van der Waals surface area contributed by atoms with Gasteiger partial charge in [0, 0.05) is 32.1 Å². The number of amides is 1. The van der Waals surface area contributed by atoms with E-state index >= 15 is 0 Å². The van der Waals surface area contributed by atoms with Gasteiger partial charge in [-0.15, -0.1) is 0 Å². The molecule has 0 spiro atoms. The topological polar surface area (TPSA) is 59.0 Å². The lowest BCUT2D eigenvalue weighted by molar-refractivity contribution is -0.121. The van der Waals surface area contributed by atoms with E-state index in [-0.39, 0.29) is 11.9 Å². The zero-order chi connectivity index (χ0) is 14.3. The lowest BCUT2D eigenvalue weighted by Gasteiger charge is -2.11. The van der Waals surface area contributed by atoms with Crippen molar-refractivity contribution in [3.8, 4) is 0 Å². The number of hydrogen-bond donors (Lipinski definition) is 2. The van der Waals surface area contributed by atoms with Crippen LogP contribution in [-0.2, 0) is 17.9 Å². The van der Waals surface area contributed by atoms with E-state index < -0.39 is 0 Å². The molecule has 0 fully saturated rings. The Kier molecular flexibility index (Phi) is 6.56. The minimum absolute atomic E-state index is 0.113. The lowest BCUT2D eigenvalue weighted by Crippen LogP contribution is -2.34. The highest BCUT2D eigenvalue weighted by molar-refractivity contribution is 5.76. The van der Waals surface area contributed by atoms with Crippen LogP contribution in [0.1, 0.15) is 45.0 Å². The normalized spacial score (nSPS) is 12.4. The predicted octanol–water partition coefficient (Wildman–Crippen LogP) is 1.61. The molecule has 0 aliphatic rings. The van der Waals surface area contributed by atoms with Crippen LogP contribution in [0.25, 0.3) is 0 Å². The van der Waals surface area contributed by atoms with Crippen molar-refractivity contribution in [3.05, 3.63) is 17.5 Å². The maximum atomic E-state index is 11.6. The van der Waals surface area contributed by atoms with Gasteiger partial charge in [0.15, 0.2) is 0 Å². The van der Waals surface area contributed by atoms with Gasteiger partial charge in [-0.3, -0.25) is 9.48 Å². The third-order valence-electron chi connectivity index (χ3n) is 3.14. The zero-order valence-electron chi connectivity index (χ0n) is 12.5. The van der Waals surface area contributed by atoms with E-state index in [1.54, 1.807) is 0 Å². The van der Waals surface area contributed by atoms with Crippen LogP contribution in [-0.4, -0.2) is 28.3 Å². The van der Waals surface area contributed by atoms with Gasteiger partial charge in [0.2, 0.25) is 5.91 Å². The summed E-state index contributed by atoms with van der Waals surface area (Å²) in [5.74, 6) is 0.113. The fourth-order valence-corrected chi connectivity index (χ4v) is 1.88. The molecule has 0 aromatic carbocycles. The first kappa shape index (κ1) is 15.7. The van der Waals surface area contributed by atoms with E-state index in [0.717, 1.165) is 25.2 Å². The van der Waals surface area contributed by atoms with Crippen LogP contribution in [0.5, 0.6) is 0 Å². The van der Waals surface area contributed by atoms with Crippen LogP contribution in [0, 0.1) is 6.92 Å². The quantitative estimate of drug-likeness (QED) is 0.703. The number of nitrogens with one attached hydrogen (secondary N) is 2. The summed E-state index contributed by atoms with van der Waals surface area (Å²) in [6, 6.07) is 2.34. The Morgan fingerprint density at radius 3 is 2.84 bits per heavy atom. The monoisotopic (exact) mass is 266 g/mol. The molecule has 1 aromatic heterocycles. The first-order chi connectivity index (χ1) is 9.06. The van der Waals surface area contributed by atoms with Crippen LogP contribution in [0.2, 0.25) is 0 Å². The van der Waals surface area contributed by atoms with Gasteiger partial charge in [-0.25, -0.2) is 0 Å². The van der Waals surface area contributed by atoms with Gasteiger partial charge >= 0.3 is 0 Å². The highest BCUT2D eigenvalue weighted by Crippen LogP contribution is 2.03. The van der Waals surface area contributed by atoms with E-state index in [1.807, 2.05) is 18.5 Å². The molecule has 0 saturated heterocycles. The van der Waals surface area contributed by atoms with Crippen molar-refractivity contribution in [2.45, 2.75) is 59.7 Å². The van der Waals surface area contributed by atoms with Crippen molar-refractivity contribution in [2.75, 3.05) is 6.54 Å². The van der Waals surface area contributed by atoms with Crippen molar-refractivity contribution in [2.24, 2.45) is 0 Å². The van der Waals surface area contributed by atoms with Crippen molar-refractivity contribution in [3.63, 3.8) is 0 Å². The second kappa shape index (κ2) is 7.94. The number of hydrogen-bond acceptors (Lipinski definition) is 3. The zero-order valence-corrected chi connectivity index (χ0v) is 12.5. The van der Waals surface area contributed by atoms with E-state index in [1.165, 1.54) is 5.69 Å². The van der Waals surface area contributed by atoms with Gasteiger partial charge in [-0.1, -0.05) is 6.92 Å². The summed E-state index contributed by atoms with van der Waals surface area (Å²) in [7, 11) is 0. The molecule has 108 valence electrons. The van der Waals surface area contributed by atoms with Crippen molar-refractivity contribution in [1.29, 1.82) is 0 Å². The molecule has 0 radical (unpaired) electrons. The second-order valence-corrected chi connectivity index (χ2v) is 4.90. The Balaban J connectivity index is 2.25. The van der Waals surface area contributed by atoms with Crippen molar-refractivity contribution >= 4 is 5.91 Å². The van der Waals surface area contributed by atoms with Gasteiger partial charge < -0.3 is 10.6 Å². The standard InChI is InChI=1S/C14H26N4O/c1-5-11(3)16-14(19)7-8-15-10-13-9-12(4)17-18(13)6-2/h9,11,15H,5-8,10H2,1-4H3,(H,16,19). The van der Waals surface area contributed by atoms with E-state index in [0.29, 0.717) is 13.0 Å². The first-order valence-electron chi connectivity index (χ1n) is 7.10. The molecule has 5 nitrogen and oxygen atoms in total. The molecule has 0 saturated carbocycles. The summed E-state index contributed by atoms with van der Waals surface area (Å²) in [6.07, 6.45) is 1.48. The molecule has 1 amide bonds. The largest absolute Gasteiger partial charge is 0.354 e. The van der Waals surface area contributed by atoms with Gasteiger partial charge in [-0.05, 0) is 33.3 Å². The van der Waals surface area contributed by atoms with Gasteiger partial charge in [-0.2, -0.15) is 5.10 Å².